The smallest absolute Gasteiger partial charge is 0.123 e. The van der Waals surface area contributed by atoms with E-state index in [0.717, 1.165) is 29.7 Å². The van der Waals surface area contributed by atoms with Crippen molar-refractivity contribution in [2.75, 3.05) is 20.8 Å². The summed E-state index contributed by atoms with van der Waals surface area (Å²) in [6.45, 7) is 0.926. The quantitative estimate of drug-likeness (QED) is 0.864. The van der Waals surface area contributed by atoms with Gasteiger partial charge in [-0.3, -0.25) is 0 Å². The Morgan fingerprint density at radius 3 is 3.00 bits per heavy atom. The molecule has 0 spiro atoms. The topological polar surface area (TPSA) is 30.5 Å². The summed E-state index contributed by atoms with van der Waals surface area (Å²) in [7, 11) is 3.72. The monoisotopic (exact) mass is 327 g/mol. The zero-order valence-electron chi connectivity index (χ0n) is 11.6. The van der Waals surface area contributed by atoms with Crippen molar-refractivity contribution in [3.63, 3.8) is 0 Å². The molecule has 1 fully saturated rings. The molecule has 2 rings (SSSR count). The molecule has 1 aromatic rings. The third kappa shape index (κ3) is 3.94. The summed E-state index contributed by atoms with van der Waals surface area (Å²) in [5.74, 6) is 0.940. The summed E-state index contributed by atoms with van der Waals surface area (Å²) < 4.78 is 12.2. The molecule has 0 aliphatic carbocycles. The second-order valence-electron chi connectivity index (χ2n) is 4.94. The Labute approximate surface area is 123 Å². The van der Waals surface area contributed by atoms with E-state index < -0.39 is 0 Å². The first-order valence-electron chi connectivity index (χ1n) is 6.87. The number of methoxy groups -OCH3 is 1. The van der Waals surface area contributed by atoms with Gasteiger partial charge in [-0.15, -0.1) is 0 Å². The van der Waals surface area contributed by atoms with Gasteiger partial charge in [0.25, 0.3) is 0 Å². The third-order valence-corrected chi connectivity index (χ3v) is 4.21. The van der Waals surface area contributed by atoms with E-state index in [9.17, 15) is 0 Å². The van der Waals surface area contributed by atoms with Crippen LogP contribution in [0.2, 0.25) is 0 Å². The summed E-state index contributed by atoms with van der Waals surface area (Å²) in [6, 6.07) is 6.46. The maximum absolute atomic E-state index is 5.70. The molecule has 0 aromatic heterocycles. The van der Waals surface area contributed by atoms with Crippen molar-refractivity contribution in [2.45, 2.75) is 37.8 Å². The molecule has 0 saturated carbocycles. The van der Waals surface area contributed by atoms with Gasteiger partial charge >= 0.3 is 0 Å². The fourth-order valence-corrected chi connectivity index (χ4v) is 3.04. The number of hydrogen-bond donors (Lipinski definition) is 1. The van der Waals surface area contributed by atoms with Crippen LogP contribution in [-0.4, -0.2) is 26.9 Å². The first kappa shape index (κ1) is 14.8. The van der Waals surface area contributed by atoms with Crippen LogP contribution in [0.25, 0.3) is 0 Å². The Bertz CT molecular complexity index is 405. The summed E-state index contributed by atoms with van der Waals surface area (Å²) in [5.41, 5.74) is 1.21. The van der Waals surface area contributed by atoms with Crippen molar-refractivity contribution in [3.05, 3.63) is 28.2 Å². The second kappa shape index (κ2) is 7.27. The van der Waals surface area contributed by atoms with Crippen molar-refractivity contribution in [1.82, 2.24) is 5.32 Å². The van der Waals surface area contributed by atoms with E-state index in [4.69, 9.17) is 9.47 Å². The average molecular weight is 328 g/mol. The van der Waals surface area contributed by atoms with Gasteiger partial charge in [0.15, 0.2) is 0 Å². The Kier molecular flexibility index (Phi) is 5.67. The Morgan fingerprint density at radius 1 is 1.53 bits per heavy atom. The molecule has 2 atom stereocenters. The van der Waals surface area contributed by atoms with Gasteiger partial charge in [-0.1, -0.05) is 15.9 Å². The van der Waals surface area contributed by atoms with Gasteiger partial charge in [0.05, 0.1) is 13.2 Å². The maximum Gasteiger partial charge on any atom is 0.123 e. The highest BCUT2D eigenvalue weighted by Gasteiger charge is 2.20. The lowest BCUT2D eigenvalue weighted by molar-refractivity contribution is 0.0997. The zero-order valence-corrected chi connectivity index (χ0v) is 13.2. The molecular formula is C15H22BrNO2. The van der Waals surface area contributed by atoms with Crippen LogP contribution in [0.4, 0.5) is 0 Å². The van der Waals surface area contributed by atoms with Gasteiger partial charge in [-0.25, -0.2) is 0 Å². The molecule has 19 heavy (non-hydrogen) atoms. The van der Waals surface area contributed by atoms with E-state index in [0.29, 0.717) is 12.1 Å². The highest BCUT2D eigenvalue weighted by molar-refractivity contribution is 9.10. The standard InChI is InChI=1S/C15H22BrNO2/c1-17-14(7-6-12-4-3-9-19-12)13-10-11(16)5-8-15(13)18-2/h5,8,10,12,14,17H,3-4,6-7,9H2,1-2H3. The van der Waals surface area contributed by atoms with Crippen molar-refractivity contribution >= 4 is 15.9 Å². The SMILES string of the molecule is CNC(CCC1CCCO1)c1cc(Br)ccc1OC. The summed E-state index contributed by atoms with van der Waals surface area (Å²) >= 11 is 3.53. The van der Waals surface area contributed by atoms with Crippen LogP contribution in [-0.2, 0) is 4.74 Å². The van der Waals surface area contributed by atoms with E-state index in [-0.39, 0.29) is 0 Å². The molecule has 1 saturated heterocycles. The van der Waals surface area contributed by atoms with Crippen molar-refractivity contribution in [3.8, 4) is 5.75 Å². The van der Waals surface area contributed by atoms with Crippen LogP contribution >= 0.6 is 15.9 Å². The summed E-state index contributed by atoms with van der Waals surface area (Å²) in [6.07, 6.45) is 5.00. The largest absolute Gasteiger partial charge is 0.496 e. The highest BCUT2D eigenvalue weighted by atomic mass is 79.9. The molecule has 2 unspecified atom stereocenters. The fraction of sp³-hybridized carbons (Fsp3) is 0.600. The molecule has 0 bridgehead atoms. The minimum Gasteiger partial charge on any atom is -0.496 e. The number of hydrogen-bond acceptors (Lipinski definition) is 3. The molecule has 1 heterocycles. The maximum atomic E-state index is 5.70. The van der Waals surface area contributed by atoms with Crippen LogP contribution in [0, 0.1) is 0 Å². The van der Waals surface area contributed by atoms with Crippen LogP contribution in [0.1, 0.15) is 37.3 Å². The van der Waals surface area contributed by atoms with Crippen molar-refractivity contribution in [2.24, 2.45) is 0 Å². The van der Waals surface area contributed by atoms with E-state index in [1.807, 2.05) is 19.2 Å². The molecular weight excluding hydrogens is 306 g/mol. The molecule has 1 aliphatic heterocycles. The highest BCUT2D eigenvalue weighted by Crippen LogP contribution is 2.32. The first-order chi connectivity index (χ1) is 9.24. The lowest BCUT2D eigenvalue weighted by Crippen LogP contribution is -2.19. The van der Waals surface area contributed by atoms with Crippen LogP contribution in [0.3, 0.4) is 0 Å². The molecule has 0 radical (unpaired) electrons. The Morgan fingerprint density at radius 2 is 2.37 bits per heavy atom. The van der Waals surface area contributed by atoms with Gasteiger partial charge in [0, 0.05) is 22.7 Å². The lowest BCUT2D eigenvalue weighted by Gasteiger charge is -2.21. The predicted molar refractivity (Wildman–Crippen MR) is 80.7 cm³/mol. The van der Waals surface area contributed by atoms with Crippen molar-refractivity contribution < 1.29 is 9.47 Å². The summed E-state index contributed by atoms with van der Waals surface area (Å²) in [5, 5.41) is 3.39. The molecule has 0 amide bonds. The minimum absolute atomic E-state index is 0.302. The van der Waals surface area contributed by atoms with E-state index in [2.05, 4.69) is 27.3 Å². The molecule has 3 nitrogen and oxygen atoms in total. The van der Waals surface area contributed by atoms with Gasteiger partial charge in [-0.05, 0) is 50.9 Å². The predicted octanol–water partition coefficient (Wildman–Crippen LogP) is 3.68. The number of nitrogens with one attached hydrogen (secondary N) is 1. The van der Waals surface area contributed by atoms with E-state index in [1.54, 1.807) is 7.11 Å². The van der Waals surface area contributed by atoms with Gasteiger partial charge in [-0.2, -0.15) is 0 Å². The van der Waals surface area contributed by atoms with Gasteiger partial charge in [0.2, 0.25) is 0 Å². The fourth-order valence-electron chi connectivity index (χ4n) is 2.66. The van der Waals surface area contributed by atoms with Crippen molar-refractivity contribution in [1.29, 1.82) is 0 Å². The van der Waals surface area contributed by atoms with Crippen LogP contribution < -0.4 is 10.1 Å². The molecule has 1 N–H and O–H groups in total. The lowest BCUT2D eigenvalue weighted by atomic mass is 9.98. The van der Waals surface area contributed by atoms with E-state index >= 15 is 0 Å². The molecule has 1 aromatic carbocycles. The molecule has 1 aliphatic rings. The zero-order chi connectivity index (χ0) is 13.7. The molecule has 106 valence electrons. The normalized spacial score (nSPS) is 20.5. The van der Waals surface area contributed by atoms with E-state index in [1.165, 1.54) is 18.4 Å². The van der Waals surface area contributed by atoms with Crippen LogP contribution in [0.15, 0.2) is 22.7 Å². The average Bonchev–Trinajstić information content (AvgIpc) is 2.93. The first-order valence-corrected chi connectivity index (χ1v) is 7.66. The number of halogens is 1. The third-order valence-electron chi connectivity index (χ3n) is 3.72. The number of benzene rings is 1. The summed E-state index contributed by atoms with van der Waals surface area (Å²) in [4.78, 5) is 0. The molecule has 4 heteroatoms. The minimum atomic E-state index is 0.302. The Hall–Kier alpha value is -0.580. The Balaban J connectivity index is 2.05. The van der Waals surface area contributed by atoms with Gasteiger partial charge in [0.1, 0.15) is 5.75 Å². The van der Waals surface area contributed by atoms with Crippen LogP contribution in [0.5, 0.6) is 5.75 Å². The second-order valence-corrected chi connectivity index (χ2v) is 5.86. The van der Waals surface area contributed by atoms with Gasteiger partial charge < -0.3 is 14.8 Å². The number of rotatable bonds is 6. The number of ether oxygens (including phenoxy) is 2.